The van der Waals surface area contributed by atoms with Gasteiger partial charge in [-0.25, -0.2) is 13.8 Å². The van der Waals surface area contributed by atoms with Crippen LogP contribution in [0.15, 0.2) is 36.4 Å². The molecule has 3 aromatic rings. The number of benzene rings is 2. The number of thiazole rings is 1. The highest BCUT2D eigenvalue weighted by atomic mass is 35.5. The molecule has 0 saturated heterocycles. The van der Waals surface area contributed by atoms with Crippen molar-refractivity contribution in [1.82, 2.24) is 9.88 Å². The number of carbonyl (C=O) groups is 1. The van der Waals surface area contributed by atoms with Crippen molar-refractivity contribution in [2.75, 3.05) is 38.2 Å². The van der Waals surface area contributed by atoms with Crippen LogP contribution in [0.25, 0.3) is 10.2 Å². The molecule has 0 spiro atoms. The van der Waals surface area contributed by atoms with Gasteiger partial charge in [-0.1, -0.05) is 37.3 Å². The van der Waals surface area contributed by atoms with Crippen LogP contribution in [0.4, 0.5) is 13.9 Å². The fourth-order valence-electron chi connectivity index (χ4n) is 3.09. The zero-order valence-electron chi connectivity index (χ0n) is 17.0. The third kappa shape index (κ3) is 5.06. The number of nitrogens with zero attached hydrogens (tertiary/aromatic N) is 3. The van der Waals surface area contributed by atoms with E-state index in [9.17, 15) is 13.6 Å². The summed E-state index contributed by atoms with van der Waals surface area (Å²) in [5.41, 5.74) is 0.451. The predicted octanol–water partition coefficient (Wildman–Crippen LogP) is 4.99. The molecule has 1 heterocycles. The lowest BCUT2D eigenvalue weighted by atomic mass is 10.1. The smallest absolute Gasteiger partial charge is 0.263 e. The number of ether oxygens (including phenoxy) is 1. The second-order valence-corrected chi connectivity index (χ2v) is 7.42. The van der Waals surface area contributed by atoms with E-state index in [2.05, 4.69) is 9.88 Å². The summed E-state index contributed by atoms with van der Waals surface area (Å²) in [7, 11) is 1.50. The van der Waals surface area contributed by atoms with Gasteiger partial charge < -0.3 is 9.64 Å². The molecule has 0 bridgehead atoms. The molecule has 9 heteroatoms. The first kappa shape index (κ1) is 24.0. The van der Waals surface area contributed by atoms with Gasteiger partial charge in [-0.2, -0.15) is 0 Å². The lowest BCUT2D eigenvalue weighted by molar-refractivity contribution is 0.0981. The van der Waals surface area contributed by atoms with Gasteiger partial charge in [0.15, 0.2) is 10.9 Å². The van der Waals surface area contributed by atoms with Gasteiger partial charge in [0.05, 0.1) is 17.4 Å². The SMILES string of the molecule is CCN(CC)CCN(C(=O)c1ccccc1OC)c1nc2c(F)cc(F)cc2s1.Cl. The van der Waals surface area contributed by atoms with Gasteiger partial charge in [0.2, 0.25) is 0 Å². The summed E-state index contributed by atoms with van der Waals surface area (Å²) in [4.78, 5) is 21.4. The number of likely N-dealkylation sites (N-methyl/N-ethyl adjacent to an activating group) is 1. The number of hydrogen-bond acceptors (Lipinski definition) is 5. The van der Waals surface area contributed by atoms with Gasteiger partial charge >= 0.3 is 0 Å². The molecule has 0 N–H and O–H groups in total. The Bertz CT molecular complexity index is 1010. The zero-order valence-corrected chi connectivity index (χ0v) is 18.7. The molecule has 162 valence electrons. The molecule has 0 saturated carbocycles. The van der Waals surface area contributed by atoms with Gasteiger partial charge in [-0.3, -0.25) is 9.69 Å². The Balaban J connectivity index is 0.00000320. The Kier molecular flexibility index (Phi) is 8.52. The van der Waals surface area contributed by atoms with Crippen LogP contribution in [0, 0.1) is 11.6 Å². The number of hydrogen-bond donors (Lipinski definition) is 0. The summed E-state index contributed by atoms with van der Waals surface area (Å²) in [5, 5.41) is 0.326. The average molecular weight is 456 g/mol. The Labute approximate surface area is 184 Å². The van der Waals surface area contributed by atoms with E-state index in [4.69, 9.17) is 4.74 Å². The maximum absolute atomic E-state index is 14.2. The molecule has 1 amide bonds. The summed E-state index contributed by atoms with van der Waals surface area (Å²) in [5.74, 6) is -1.26. The number of aromatic nitrogens is 1. The molecule has 0 aliphatic heterocycles. The molecule has 1 aromatic heterocycles. The minimum absolute atomic E-state index is 0. The van der Waals surface area contributed by atoms with Crippen molar-refractivity contribution in [1.29, 1.82) is 0 Å². The minimum atomic E-state index is -0.740. The summed E-state index contributed by atoms with van der Waals surface area (Å²) in [6, 6.07) is 8.96. The Morgan fingerprint density at radius 3 is 2.50 bits per heavy atom. The predicted molar refractivity (Wildman–Crippen MR) is 119 cm³/mol. The molecular weight excluding hydrogens is 432 g/mol. The second-order valence-electron chi connectivity index (χ2n) is 6.41. The number of anilines is 1. The van der Waals surface area contributed by atoms with Crippen LogP contribution in [-0.4, -0.2) is 49.1 Å². The van der Waals surface area contributed by atoms with Crippen molar-refractivity contribution in [2.24, 2.45) is 0 Å². The first-order valence-electron chi connectivity index (χ1n) is 9.41. The minimum Gasteiger partial charge on any atom is -0.496 e. The average Bonchev–Trinajstić information content (AvgIpc) is 3.14. The van der Waals surface area contributed by atoms with Gasteiger partial charge in [-0.05, 0) is 31.3 Å². The van der Waals surface area contributed by atoms with Crippen LogP contribution in [-0.2, 0) is 0 Å². The molecule has 0 aliphatic rings. The van der Waals surface area contributed by atoms with Gasteiger partial charge in [0.25, 0.3) is 5.91 Å². The highest BCUT2D eigenvalue weighted by Gasteiger charge is 2.25. The lowest BCUT2D eigenvalue weighted by Gasteiger charge is -2.25. The third-order valence-electron chi connectivity index (χ3n) is 4.75. The van der Waals surface area contributed by atoms with Crippen LogP contribution in [0.1, 0.15) is 24.2 Å². The van der Waals surface area contributed by atoms with Crippen molar-refractivity contribution >= 4 is 45.0 Å². The molecule has 30 heavy (non-hydrogen) atoms. The summed E-state index contributed by atoms with van der Waals surface area (Å²) < 4.78 is 33.5. The fraction of sp³-hybridized carbons (Fsp3) is 0.333. The number of rotatable bonds is 8. The molecule has 2 aromatic carbocycles. The fourth-order valence-corrected chi connectivity index (χ4v) is 4.12. The maximum atomic E-state index is 14.2. The quantitative estimate of drug-likeness (QED) is 0.480. The molecule has 0 radical (unpaired) electrons. The van der Waals surface area contributed by atoms with Crippen LogP contribution in [0.5, 0.6) is 5.75 Å². The molecule has 0 fully saturated rings. The molecule has 3 rings (SSSR count). The topological polar surface area (TPSA) is 45.7 Å². The van der Waals surface area contributed by atoms with Crippen molar-refractivity contribution in [2.45, 2.75) is 13.8 Å². The highest BCUT2D eigenvalue weighted by Crippen LogP contribution is 2.32. The maximum Gasteiger partial charge on any atom is 0.263 e. The van der Waals surface area contributed by atoms with Crippen molar-refractivity contribution in [3.05, 3.63) is 53.6 Å². The summed E-state index contributed by atoms with van der Waals surface area (Å²) in [6.07, 6.45) is 0. The molecule has 0 atom stereocenters. The highest BCUT2D eigenvalue weighted by molar-refractivity contribution is 7.22. The number of para-hydroxylation sites is 1. The van der Waals surface area contributed by atoms with Crippen LogP contribution in [0.3, 0.4) is 0 Å². The van der Waals surface area contributed by atoms with E-state index in [-0.39, 0.29) is 23.8 Å². The van der Waals surface area contributed by atoms with Crippen molar-refractivity contribution < 1.29 is 18.3 Å². The number of fused-ring (bicyclic) bond motifs is 1. The monoisotopic (exact) mass is 455 g/mol. The summed E-state index contributed by atoms with van der Waals surface area (Å²) >= 11 is 1.09. The summed E-state index contributed by atoms with van der Waals surface area (Å²) in [6.45, 7) is 6.76. The van der Waals surface area contributed by atoms with E-state index in [1.165, 1.54) is 18.1 Å². The standard InChI is InChI=1S/C21H23F2N3O2S.ClH/c1-4-25(5-2)10-11-26(20(27)15-8-6-7-9-17(15)28-3)21-24-19-16(23)12-14(22)13-18(19)29-21;/h6-9,12-13H,4-5,10-11H2,1-3H3;1H. The van der Waals surface area contributed by atoms with E-state index in [1.54, 1.807) is 24.3 Å². The Hall–Kier alpha value is -2.29. The Morgan fingerprint density at radius 1 is 1.13 bits per heavy atom. The van der Waals surface area contributed by atoms with Gasteiger partial charge in [0.1, 0.15) is 17.1 Å². The lowest BCUT2D eigenvalue weighted by Crippen LogP contribution is -2.39. The van der Waals surface area contributed by atoms with Crippen LogP contribution in [0.2, 0.25) is 0 Å². The Morgan fingerprint density at radius 2 is 1.83 bits per heavy atom. The van der Waals surface area contributed by atoms with Gasteiger partial charge in [0, 0.05) is 19.2 Å². The van der Waals surface area contributed by atoms with Crippen molar-refractivity contribution in [3.8, 4) is 5.75 Å². The third-order valence-corrected chi connectivity index (χ3v) is 5.77. The van der Waals surface area contributed by atoms with Crippen LogP contribution >= 0.6 is 23.7 Å². The molecule has 0 aliphatic carbocycles. The van der Waals surface area contributed by atoms with E-state index in [0.29, 0.717) is 34.2 Å². The van der Waals surface area contributed by atoms with E-state index in [0.717, 1.165) is 30.5 Å². The second kappa shape index (κ2) is 10.7. The largest absolute Gasteiger partial charge is 0.496 e. The van der Waals surface area contributed by atoms with Crippen molar-refractivity contribution in [3.63, 3.8) is 0 Å². The van der Waals surface area contributed by atoms with E-state index >= 15 is 0 Å². The van der Waals surface area contributed by atoms with E-state index < -0.39 is 11.6 Å². The molecule has 5 nitrogen and oxygen atoms in total. The number of amides is 1. The molecule has 0 unspecified atom stereocenters. The van der Waals surface area contributed by atoms with Gasteiger partial charge in [-0.15, -0.1) is 12.4 Å². The van der Waals surface area contributed by atoms with E-state index in [1.807, 2.05) is 13.8 Å². The number of carbonyl (C=O) groups excluding carboxylic acids is 1. The van der Waals surface area contributed by atoms with Crippen LogP contribution < -0.4 is 9.64 Å². The number of halogens is 3. The first-order chi connectivity index (χ1) is 14.0. The molecular formula is C21H24ClF2N3O2S. The zero-order chi connectivity index (χ0) is 21.0. The number of methoxy groups -OCH3 is 1. The normalized spacial score (nSPS) is 10.9. The first-order valence-corrected chi connectivity index (χ1v) is 10.2.